The number of aliphatic imine (C=N–C) groups is 2. The zero-order valence-corrected chi connectivity index (χ0v) is 37.3. The van der Waals surface area contributed by atoms with E-state index in [4.69, 9.17) is 18.9 Å². The number of nitriles is 4. The van der Waals surface area contributed by atoms with Gasteiger partial charge in [-0.05, 0) is 80.6 Å². The summed E-state index contributed by atoms with van der Waals surface area (Å²) < 4.78 is 25.5. The van der Waals surface area contributed by atoms with Crippen molar-refractivity contribution < 1.29 is 28.5 Å². The first-order valence-electron chi connectivity index (χ1n) is 19.4. The van der Waals surface area contributed by atoms with E-state index in [0.717, 1.165) is 50.8 Å². The maximum absolute atomic E-state index is 15.2. The summed E-state index contributed by atoms with van der Waals surface area (Å²) in [6.07, 6.45) is 0. The first-order chi connectivity index (χ1) is 31.7. The molecule has 8 aromatic rings. The summed E-state index contributed by atoms with van der Waals surface area (Å²) in [6, 6.07) is 40.5. The number of carbonyl (C=O) groups excluding carboxylic acids is 2. The summed E-state index contributed by atoms with van der Waals surface area (Å²) in [5, 5.41) is 39.7. The summed E-state index contributed by atoms with van der Waals surface area (Å²) in [4.78, 5) is 41.9. The number of benzene rings is 4. The van der Waals surface area contributed by atoms with E-state index in [2.05, 4.69) is 9.98 Å². The van der Waals surface area contributed by atoms with Gasteiger partial charge in [0.05, 0.1) is 24.0 Å². The molecule has 314 valence electrons. The van der Waals surface area contributed by atoms with Gasteiger partial charge < -0.3 is 18.9 Å². The predicted molar refractivity (Wildman–Crippen MR) is 252 cm³/mol. The highest BCUT2D eigenvalue weighted by atomic mass is 32.1. The maximum Gasteiger partial charge on any atom is 0.333 e. The fourth-order valence-corrected chi connectivity index (χ4v) is 12.0. The minimum Gasteiger partial charge on any atom is -0.495 e. The van der Waals surface area contributed by atoms with Crippen LogP contribution in [0.15, 0.2) is 119 Å². The highest BCUT2D eigenvalue weighted by Crippen LogP contribution is 2.56. The molecule has 65 heavy (non-hydrogen) atoms. The third-order valence-electron chi connectivity index (χ3n) is 10.6. The summed E-state index contributed by atoms with van der Waals surface area (Å²) in [6.45, 7) is -0.198. The Morgan fingerprint density at radius 1 is 0.554 bits per heavy atom. The van der Waals surface area contributed by atoms with Crippen LogP contribution in [0.1, 0.15) is 22.3 Å². The number of rotatable bonds is 12. The van der Waals surface area contributed by atoms with Crippen molar-refractivity contribution in [2.75, 3.05) is 14.2 Å². The molecule has 0 unspecified atom stereocenters. The number of fused-ring (bicyclic) bond motifs is 5. The normalized spacial score (nSPS) is 11.8. The van der Waals surface area contributed by atoms with E-state index in [1.165, 1.54) is 59.6 Å². The first-order valence-corrected chi connectivity index (χ1v) is 22.7. The highest BCUT2D eigenvalue weighted by molar-refractivity contribution is 7.28. The smallest absolute Gasteiger partial charge is 0.333 e. The molecule has 0 bridgehead atoms. The molecule has 0 amide bonds. The van der Waals surface area contributed by atoms with Gasteiger partial charge in [-0.3, -0.25) is 9.59 Å². The van der Waals surface area contributed by atoms with Gasteiger partial charge in [-0.1, -0.05) is 60.7 Å². The van der Waals surface area contributed by atoms with Crippen LogP contribution in [-0.4, -0.2) is 37.6 Å². The predicted octanol–water partition coefficient (Wildman–Crippen LogP) is 11.6. The molecule has 12 nitrogen and oxygen atoms in total. The highest BCUT2D eigenvalue weighted by Gasteiger charge is 2.58. The molecule has 0 saturated heterocycles. The average molecular weight is 925 g/mol. The van der Waals surface area contributed by atoms with Crippen LogP contribution < -0.4 is 9.47 Å². The zero-order valence-electron chi connectivity index (χ0n) is 34.1. The van der Waals surface area contributed by atoms with Crippen LogP contribution in [0.4, 0.5) is 10.0 Å². The second-order valence-electron chi connectivity index (χ2n) is 14.3. The summed E-state index contributed by atoms with van der Waals surface area (Å²) in [5.74, 6) is -0.593. The van der Waals surface area contributed by atoms with E-state index in [1.54, 1.807) is 36.4 Å². The minimum absolute atomic E-state index is 0.0989. The van der Waals surface area contributed by atoms with Crippen LogP contribution in [0.25, 0.3) is 50.8 Å². The summed E-state index contributed by atoms with van der Waals surface area (Å²) in [7, 11) is 3.06. The second-order valence-corrected chi connectivity index (χ2v) is 18.5. The van der Waals surface area contributed by atoms with Crippen LogP contribution in [-0.2, 0) is 37.7 Å². The average Bonchev–Trinajstić information content (AvgIpc) is 4.18. The topological polar surface area (TPSA) is 191 Å². The van der Waals surface area contributed by atoms with Crippen LogP contribution in [0.5, 0.6) is 11.5 Å². The lowest BCUT2D eigenvalue weighted by Crippen LogP contribution is -2.45. The largest absolute Gasteiger partial charge is 0.495 e. The van der Waals surface area contributed by atoms with Crippen molar-refractivity contribution in [1.29, 1.82) is 21.0 Å². The summed E-state index contributed by atoms with van der Waals surface area (Å²) in [5.41, 5.74) is 0.934. The Morgan fingerprint density at radius 3 is 1.32 bits per heavy atom. The van der Waals surface area contributed by atoms with Crippen molar-refractivity contribution in [2.24, 2.45) is 9.98 Å². The molecule has 0 spiro atoms. The zero-order chi connectivity index (χ0) is 45.2. The first kappa shape index (κ1) is 42.3. The molecule has 0 fully saturated rings. The Labute approximate surface area is 387 Å². The van der Waals surface area contributed by atoms with Crippen LogP contribution in [0.2, 0.25) is 0 Å². The molecule has 0 atom stereocenters. The Hall–Kier alpha value is -7.96. The molecule has 0 aliphatic heterocycles. The van der Waals surface area contributed by atoms with Crippen molar-refractivity contribution in [3.8, 4) is 66.4 Å². The monoisotopic (exact) mass is 924 g/mol. The van der Waals surface area contributed by atoms with Gasteiger partial charge in [0.1, 0.15) is 59.0 Å². The SMILES string of the molecule is COc1cc(N=C(C#N)C#N)sc1-c1cc2cc3c(cc2s1)-c1cc2sc(-c4sc(N=C(C#N)C#N)cc4OC)cc2cc1C3(C(=O)OCc1ccccc1)C(=O)OCc1ccccc1. The molecule has 4 heterocycles. The van der Waals surface area contributed by atoms with E-state index in [9.17, 15) is 21.0 Å². The number of methoxy groups -OCH3 is 2. The standard InChI is InChI=1S/C49H28N6O6S4/c1-58-37-19-43(54-31(21-50)22-51)64-45(37)41-15-29-13-35-33(17-39(29)62-41)34-18-40-30(16-42(63-40)46-38(59-2)20-44(65-46)55-32(23-52)24-53)14-36(34)49(35,47(56)60-25-27-9-5-3-6-10-27)48(57)61-26-28-11-7-4-8-12-28/h3-20H,25-26H2,1-2H3. The molecule has 1 aliphatic rings. The number of carbonyl (C=O) groups is 2. The van der Waals surface area contributed by atoms with E-state index < -0.39 is 17.4 Å². The number of ether oxygens (including phenoxy) is 4. The second kappa shape index (κ2) is 17.7. The molecular formula is C49H28N6O6S4. The van der Waals surface area contributed by atoms with Crippen molar-refractivity contribution in [1.82, 2.24) is 0 Å². The fraction of sp³-hybridized carbons (Fsp3) is 0.102. The number of hydrogen-bond donors (Lipinski definition) is 0. The lowest BCUT2D eigenvalue weighted by atomic mass is 9.77. The van der Waals surface area contributed by atoms with Gasteiger partial charge in [-0.25, -0.2) is 9.98 Å². The minimum atomic E-state index is -2.07. The van der Waals surface area contributed by atoms with E-state index in [0.29, 0.717) is 43.8 Å². The molecule has 1 aliphatic carbocycles. The van der Waals surface area contributed by atoms with Crippen LogP contribution in [0.3, 0.4) is 0 Å². The van der Waals surface area contributed by atoms with E-state index in [-0.39, 0.29) is 24.6 Å². The van der Waals surface area contributed by atoms with Gasteiger partial charge >= 0.3 is 11.9 Å². The summed E-state index contributed by atoms with van der Waals surface area (Å²) >= 11 is 5.47. The van der Waals surface area contributed by atoms with Crippen LogP contribution >= 0.6 is 45.3 Å². The third kappa shape index (κ3) is 7.67. The van der Waals surface area contributed by atoms with E-state index >= 15 is 9.59 Å². The van der Waals surface area contributed by atoms with Gasteiger partial charge in [0, 0.05) is 31.3 Å². The van der Waals surface area contributed by atoms with Gasteiger partial charge in [-0.15, -0.1) is 45.3 Å². The molecule has 4 aromatic carbocycles. The maximum atomic E-state index is 15.2. The Kier molecular flexibility index (Phi) is 11.5. The Balaban J connectivity index is 1.25. The van der Waals surface area contributed by atoms with Gasteiger partial charge in [0.2, 0.25) is 16.8 Å². The number of hydrogen-bond acceptors (Lipinski definition) is 16. The Morgan fingerprint density at radius 2 is 0.954 bits per heavy atom. The van der Waals surface area contributed by atoms with Gasteiger partial charge in [0.25, 0.3) is 0 Å². The van der Waals surface area contributed by atoms with Crippen LogP contribution in [0, 0.1) is 45.3 Å². The van der Waals surface area contributed by atoms with Crippen molar-refractivity contribution >= 4 is 98.9 Å². The molecule has 9 rings (SSSR count). The van der Waals surface area contributed by atoms with Gasteiger partial charge in [-0.2, -0.15) is 21.0 Å². The molecule has 0 radical (unpaired) electrons. The van der Waals surface area contributed by atoms with E-state index in [1.807, 2.05) is 97.1 Å². The van der Waals surface area contributed by atoms with Crippen molar-refractivity contribution in [2.45, 2.75) is 18.6 Å². The lowest BCUT2D eigenvalue weighted by molar-refractivity contribution is -0.164. The van der Waals surface area contributed by atoms with Crippen molar-refractivity contribution in [3.63, 3.8) is 0 Å². The molecule has 16 heteroatoms. The van der Waals surface area contributed by atoms with Gasteiger partial charge in [0.15, 0.2) is 0 Å². The number of esters is 2. The molecule has 4 aromatic heterocycles. The number of nitrogens with zero attached hydrogens (tertiary/aromatic N) is 6. The quantitative estimate of drug-likeness (QED) is 0.0647. The van der Waals surface area contributed by atoms with Crippen molar-refractivity contribution in [3.05, 3.63) is 131 Å². The third-order valence-corrected chi connectivity index (χ3v) is 15.2. The molecule has 0 saturated carbocycles. The molecular weight excluding hydrogens is 897 g/mol. The molecule has 0 N–H and O–H groups in total. The lowest BCUT2D eigenvalue weighted by Gasteiger charge is -2.28. The fourth-order valence-electron chi connectivity index (χ4n) is 7.65. The Bertz CT molecular complexity index is 3200. The number of thiophene rings is 4.